The van der Waals surface area contributed by atoms with Crippen LogP contribution >= 0.6 is 11.3 Å². The van der Waals surface area contributed by atoms with Gasteiger partial charge in [-0.15, -0.1) is 20.4 Å². The van der Waals surface area contributed by atoms with Crippen molar-refractivity contribution in [2.24, 2.45) is 5.92 Å². The molecule has 0 aliphatic carbocycles. The Morgan fingerprint density at radius 3 is 2.76 bits per heavy atom. The van der Waals surface area contributed by atoms with Crippen LogP contribution in [0, 0.1) is 12.8 Å². The van der Waals surface area contributed by atoms with Crippen molar-refractivity contribution in [1.29, 1.82) is 0 Å². The summed E-state index contributed by atoms with van der Waals surface area (Å²) >= 11 is 1.38. The molecule has 0 spiro atoms. The van der Waals surface area contributed by atoms with Crippen LogP contribution in [0.5, 0.6) is 0 Å². The molecule has 4 rings (SSSR count). The van der Waals surface area contributed by atoms with Crippen LogP contribution in [0.15, 0.2) is 34.7 Å². The SMILES string of the molecule is Cc1nnc(CN(C)C(=O)C2CC(=O)N(c3nnc(Cc4ccccc4)s3)C2)o1. The van der Waals surface area contributed by atoms with Gasteiger partial charge in [0.15, 0.2) is 0 Å². The van der Waals surface area contributed by atoms with E-state index in [0.29, 0.717) is 29.9 Å². The summed E-state index contributed by atoms with van der Waals surface area (Å²) in [6, 6.07) is 9.97. The molecule has 1 aliphatic heterocycles. The third-order valence-corrected chi connectivity index (χ3v) is 5.62. The second kappa shape index (κ2) is 8.08. The molecule has 1 fully saturated rings. The van der Waals surface area contributed by atoms with Gasteiger partial charge in [0.2, 0.25) is 28.7 Å². The van der Waals surface area contributed by atoms with E-state index in [2.05, 4.69) is 20.4 Å². The van der Waals surface area contributed by atoms with Crippen molar-refractivity contribution in [1.82, 2.24) is 25.3 Å². The lowest BCUT2D eigenvalue weighted by atomic mass is 10.1. The molecule has 150 valence electrons. The quantitative estimate of drug-likeness (QED) is 0.608. The van der Waals surface area contributed by atoms with Gasteiger partial charge in [-0.05, 0) is 5.56 Å². The average molecular weight is 412 g/mol. The van der Waals surface area contributed by atoms with Gasteiger partial charge in [0.1, 0.15) is 5.01 Å². The first-order valence-electron chi connectivity index (χ1n) is 9.20. The first kappa shape index (κ1) is 19.2. The molecule has 29 heavy (non-hydrogen) atoms. The predicted octanol–water partition coefficient (Wildman–Crippen LogP) is 1.83. The van der Waals surface area contributed by atoms with Crippen molar-refractivity contribution >= 4 is 28.3 Å². The van der Waals surface area contributed by atoms with Crippen LogP contribution in [-0.4, -0.2) is 50.7 Å². The maximum Gasteiger partial charge on any atom is 0.235 e. The number of aromatic nitrogens is 4. The van der Waals surface area contributed by atoms with E-state index >= 15 is 0 Å². The fraction of sp³-hybridized carbons (Fsp3) is 0.368. The highest BCUT2D eigenvalue weighted by atomic mass is 32.1. The van der Waals surface area contributed by atoms with Crippen LogP contribution in [0.1, 0.15) is 28.8 Å². The molecule has 1 saturated heterocycles. The third kappa shape index (κ3) is 4.32. The molecule has 1 aromatic carbocycles. The minimum absolute atomic E-state index is 0.118. The van der Waals surface area contributed by atoms with Gasteiger partial charge in [-0.3, -0.25) is 14.5 Å². The first-order valence-corrected chi connectivity index (χ1v) is 10.0. The molecule has 1 atom stereocenters. The van der Waals surface area contributed by atoms with E-state index in [0.717, 1.165) is 10.6 Å². The smallest absolute Gasteiger partial charge is 0.235 e. The van der Waals surface area contributed by atoms with Gasteiger partial charge in [-0.2, -0.15) is 0 Å². The molecule has 3 aromatic rings. The zero-order chi connectivity index (χ0) is 20.4. The number of aryl methyl sites for hydroxylation is 1. The summed E-state index contributed by atoms with van der Waals surface area (Å²) < 4.78 is 5.32. The molecule has 9 nitrogen and oxygen atoms in total. The van der Waals surface area contributed by atoms with Crippen LogP contribution in [0.3, 0.4) is 0 Å². The van der Waals surface area contributed by atoms with Crippen molar-refractivity contribution in [2.45, 2.75) is 26.3 Å². The minimum atomic E-state index is -0.432. The van der Waals surface area contributed by atoms with Gasteiger partial charge in [0.05, 0.1) is 12.5 Å². The van der Waals surface area contributed by atoms with Crippen molar-refractivity contribution in [3.05, 3.63) is 52.7 Å². The number of nitrogens with zero attached hydrogens (tertiary/aromatic N) is 6. The van der Waals surface area contributed by atoms with Gasteiger partial charge >= 0.3 is 0 Å². The number of amides is 2. The summed E-state index contributed by atoms with van der Waals surface area (Å²) in [5, 5.41) is 17.4. The van der Waals surface area contributed by atoms with Crippen molar-refractivity contribution in [3.63, 3.8) is 0 Å². The Morgan fingerprint density at radius 1 is 1.24 bits per heavy atom. The standard InChI is InChI=1S/C19H20N6O3S/c1-12-20-21-15(28-12)11-24(2)18(27)14-9-17(26)25(10-14)19-23-22-16(29-19)8-13-6-4-3-5-7-13/h3-7,14H,8-11H2,1-2H3. The highest BCUT2D eigenvalue weighted by molar-refractivity contribution is 7.15. The maximum absolute atomic E-state index is 12.7. The van der Waals surface area contributed by atoms with E-state index in [1.165, 1.54) is 16.2 Å². The van der Waals surface area contributed by atoms with Crippen molar-refractivity contribution in [2.75, 3.05) is 18.5 Å². The number of rotatable bonds is 6. The van der Waals surface area contributed by atoms with E-state index < -0.39 is 5.92 Å². The number of hydrogen-bond acceptors (Lipinski definition) is 8. The Balaban J connectivity index is 1.39. The Labute approximate surface area is 171 Å². The number of carbonyl (C=O) groups excluding carboxylic acids is 2. The summed E-state index contributed by atoms with van der Waals surface area (Å²) in [6.45, 7) is 2.20. The zero-order valence-corrected chi connectivity index (χ0v) is 16.9. The Kier molecular flexibility index (Phi) is 5.34. The van der Waals surface area contributed by atoms with Gasteiger partial charge in [0.25, 0.3) is 0 Å². The number of benzene rings is 1. The van der Waals surface area contributed by atoms with Gasteiger partial charge in [-0.25, -0.2) is 0 Å². The third-order valence-electron chi connectivity index (χ3n) is 4.68. The second-order valence-corrected chi connectivity index (χ2v) is 8.00. The monoisotopic (exact) mass is 412 g/mol. The summed E-state index contributed by atoms with van der Waals surface area (Å²) in [4.78, 5) is 28.3. The highest BCUT2D eigenvalue weighted by Crippen LogP contribution is 2.29. The Bertz CT molecular complexity index is 1020. The van der Waals surface area contributed by atoms with E-state index in [-0.39, 0.29) is 24.8 Å². The van der Waals surface area contributed by atoms with E-state index in [1.807, 2.05) is 30.3 Å². The van der Waals surface area contributed by atoms with Crippen LogP contribution in [0.4, 0.5) is 5.13 Å². The molecule has 0 radical (unpaired) electrons. The van der Waals surface area contributed by atoms with Crippen LogP contribution in [0.25, 0.3) is 0 Å². The lowest BCUT2D eigenvalue weighted by molar-refractivity contribution is -0.135. The molecule has 0 saturated carbocycles. The van der Waals surface area contributed by atoms with E-state index in [9.17, 15) is 9.59 Å². The predicted molar refractivity (Wildman–Crippen MR) is 105 cm³/mol. The number of anilines is 1. The topological polar surface area (TPSA) is 105 Å². The lowest BCUT2D eigenvalue weighted by Crippen LogP contribution is -2.34. The van der Waals surface area contributed by atoms with E-state index in [4.69, 9.17) is 4.42 Å². The largest absolute Gasteiger partial charge is 0.424 e. The maximum atomic E-state index is 12.7. The normalized spacial score (nSPS) is 16.4. The molecule has 2 aromatic heterocycles. The summed E-state index contributed by atoms with van der Waals surface area (Å²) in [7, 11) is 1.66. The van der Waals surface area contributed by atoms with E-state index in [1.54, 1.807) is 18.9 Å². The second-order valence-electron chi connectivity index (χ2n) is 6.96. The molecular weight excluding hydrogens is 392 g/mol. The van der Waals surface area contributed by atoms with Crippen molar-refractivity contribution < 1.29 is 14.0 Å². The Morgan fingerprint density at radius 2 is 2.03 bits per heavy atom. The lowest BCUT2D eigenvalue weighted by Gasteiger charge is -2.19. The number of carbonyl (C=O) groups is 2. The number of hydrogen-bond donors (Lipinski definition) is 0. The van der Waals surface area contributed by atoms with Crippen molar-refractivity contribution in [3.8, 4) is 0 Å². The molecule has 1 unspecified atom stereocenters. The van der Waals surface area contributed by atoms with Gasteiger partial charge in [-0.1, -0.05) is 41.7 Å². The molecule has 0 bridgehead atoms. The fourth-order valence-electron chi connectivity index (χ4n) is 3.25. The highest BCUT2D eigenvalue weighted by Gasteiger charge is 2.38. The first-order chi connectivity index (χ1) is 14.0. The fourth-order valence-corrected chi connectivity index (χ4v) is 4.15. The molecule has 10 heteroatoms. The minimum Gasteiger partial charge on any atom is -0.424 e. The Hall–Kier alpha value is -3.14. The summed E-state index contributed by atoms with van der Waals surface area (Å²) in [6.07, 6.45) is 0.814. The van der Waals surface area contributed by atoms with Crippen LogP contribution in [-0.2, 0) is 22.6 Å². The summed E-state index contributed by atoms with van der Waals surface area (Å²) in [5.41, 5.74) is 1.13. The molecule has 1 aliphatic rings. The molecule has 0 N–H and O–H groups in total. The zero-order valence-electron chi connectivity index (χ0n) is 16.1. The average Bonchev–Trinajstić information content (AvgIpc) is 3.42. The van der Waals surface area contributed by atoms with Crippen LogP contribution < -0.4 is 4.90 Å². The molecule has 3 heterocycles. The molecule has 2 amide bonds. The van der Waals surface area contributed by atoms with Gasteiger partial charge < -0.3 is 9.32 Å². The van der Waals surface area contributed by atoms with Gasteiger partial charge in [0, 0.05) is 33.4 Å². The summed E-state index contributed by atoms with van der Waals surface area (Å²) in [5.74, 6) is 0.136. The molecular formula is C19H20N6O3S. The van der Waals surface area contributed by atoms with Crippen LogP contribution in [0.2, 0.25) is 0 Å².